The number of nitrogens with two attached hydrogens (primary N) is 1. The van der Waals surface area contributed by atoms with Crippen molar-refractivity contribution in [3.63, 3.8) is 0 Å². The van der Waals surface area contributed by atoms with Gasteiger partial charge in [0, 0.05) is 4.47 Å². The summed E-state index contributed by atoms with van der Waals surface area (Å²) in [6.07, 6.45) is 2.26. The lowest BCUT2D eigenvalue weighted by Gasteiger charge is -2.14. The quantitative estimate of drug-likeness (QED) is 0.366. The highest BCUT2D eigenvalue weighted by atomic mass is 79.9. The Bertz CT molecular complexity index is 421. The Balaban J connectivity index is 2.82. The van der Waals surface area contributed by atoms with Crippen LogP contribution in [0.15, 0.2) is 27.8 Å². The predicted octanol–water partition coefficient (Wildman–Crippen LogP) is 3.36. The number of oxime groups is 1. The zero-order valence-electron chi connectivity index (χ0n) is 10.7. The smallest absolute Gasteiger partial charge is 0.173 e. The second kappa shape index (κ2) is 7.26. The van der Waals surface area contributed by atoms with Gasteiger partial charge in [-0.2, -0.15) is 0 Å². The van der Waals surface area contributed by atoms with Crippen LogP contribution in [0, 0.1) is 5.92 Å². The number of nitrogens with zero attached hydrogens (tertiary/aromatic N) is 1. The third-order valence-electron chi connectivity index (χ3n) is 2.63. The fraction of sp³-hybridized carbons (Fsp3) is 0.462. The predicted molar refractivity (Wildman–Crippen MR) is 76.2 cm³/mol. The minimum Gasteiger partial charge on any atom is -0.493 e. The average Bonchev–Trinajstić information content (AvgIpc) is 2.36. The average molecular weight is 315 g/mol. The Labute approximate surface area is 116 Å². The Hall–Kier alpha value is -1.23. The minimum absolute atomic E-state index is 0.0504. The third-order valence-corrected chi connectivity index (χ3v) is 3.12. The molecule has 5 heteroatoms. The van der Waals surface area contributed by atoms with Gasteiger partial charge in [0.2, 0.25) is 0 Å². The molecule has 0 aliphatic rings. The van der Waals surface area contributed by atoms with Crippen LogP contribution in [0.3, 0.4) is 0 Å². The number of halogens is 1. The van der Waals surface area contributed by atoms with Crippen molar-refractivity contribution < 1.29 is 9.94 Å². The first-order valence-corrected chi connectivity index (χ1v) is 6.78. The third kappa shape index (κ3) is 4.22. The molecule has 0 aromatic heterocycles. The van der Waals surface area contributed by atoms with Crippen molar-refractivity contribution in [2.45, 2.75) is 26.7 Å². The molecule has 0 saturated heterocycles. The van der Waals surface area contributed by atoms with Crippen molar-refractivity contribution in [2.24, 2.45) is 16.8 Å². The van der Waals surface area contributed by atoms with Gasteiger partial charge in [-0.15, -0.1) is 0 Å². The SMILES string of the molecule is CCCC(C)COc1ccc(Br)cc1/C(N)=N/O. The molecule has 1 atom stereocenters. The number of hydrogen-bond donors (Lipinski definition) is 2. The van der Waals surface area contributed by atoms with Crippen LogP contribution in [0.25, 0.3) is 0 Å². The molecule has 0 heterocycles. The van der Waals surface area contributed by atoms with E-state index in [-0.39, 0.29) is 5.84 Å². The minimum atomic E-state index is 0.0504. The fourth-order valence-electron chi connectivity index (χ4n) is 1.69. The summed E-state index contributed by atoms with van der Waals surface area (Å²) in [6.45, 7) is 4.92. The van der Waals surface area contributed by atoms with E-state index in [2.05, 4.69) is 34.9 Å². The summed E-state index contributed by atoms with van der Waals surface area (Å²) >= 11 is 3.35. The first-order valence-electron chi connectivity index (χ1n) is 5.98. The van der Waals surface area contributed by atoms with Gasteiger partial charge < -0.3 is 15.7 Å². The molecule has 1 aromatic carbocycles. The van der Waals surface area contributed by atoms with E-state index in [4.69, 9.17) is 15.7 Å². The van der Waals surface area contributed by atoms with Crippen molar-refractivity contribution >= 4 is 21.8 Å². The molecule has 0 aliphatic heterocycles. The molecule has 0 radical (unpaired) electrons. The van der Waals surface area contributed by atoms with E-state index in [1.807, 2.05) is 12.1 Å². The van der Waals surface area contributed by atoms with Gasteiger partial charge in [-0.1, -0.05) is 41.4 Å². The molecular weight excluding hydrogens is 296 g/mol. The highest BCUT2D eigenvalue weighted by molar-refractivity contribution is 9.10. The number of benzene rings is 1. The monoisotopic (exact) mass is 314 g/mol. The van der Waals surface area contributed by atoms with Gasteiger partial charge in [0.25, 0.3) is 0 Å². The first-order chi connectivity index (χ1) is 8.58. The summed E-state index contributed by atoms with van der Waals surface area (Å²) in [6, 6.07) is 5.46. The Morgan fingerprint density at radius 2 is 2.28 bits per heavy atom. The summed E-state index contributed by atoms with van der Waals surface area (Å²) in [5.41, 5.74) is 6.22. The molecule has 0 saturated carbocycles. The lowest BCUT2D eigenvalue weighted by atomic mass is 10.1. The van der Waals surface area contributed by atoms with Crippen molar-refractivity contribution in [1.29, 1.82) is 0 Å². The van der Waals surface area contributed by atoms with Gasteiger partial charge >= 0.3 is 0 Å². The molecule has 1 rings (SSSR count). The molecule has 0 fully saturated rings. The van der Waals surface area contributed by atoms with Crippen molar-refractivity contribution in [3.8, 4) is 5.75 Å². The van der Waals surface area contributed by atoms with E-state index in [1.165, 1.54) is 0 Å². The van der Waals surface area contributed by atoms with Gasteiger partial charge in [0.15, 0.2) is 5.84 Å². The summed E-state index contributed by atoms with van der Waals surface area (Å²) in [4.78, 5) is 0. The number of rotatable bonds is 6. The van der Waals surface area contributed by atoms with E-state index in [9.17, 15) is 0 Å². The molecule has 100 valence electrons. The molecule has 0 aliphatic carbocycles. The van der Waals surface area contributed by atoms with Crippen LogP contribution in [0.1, 0.15) is 32.3 Å². The van der Waals surface area contributed by atoms with Gasteiger partial charge in [-0.05, 0) is 30.5 Å². The number of ether oxygens (including phenoxy) is 1. The molecule has 4 nitrogen and oxygen atoms in total. The Morgan fingerprint density at radius 1 is 1.56 bits per heavy atom. The Morgan fingerprint density at radius 3 is 2.89 bits per heavy atom. The van der Waals surface area contributed by atoms with Crippen molar-refractivity contribution in [2.75, 3.05) is 6.61 Å². The second-order valence-corrected chi connectivity index (χ2v) is 5.25. The van der Waals surface area contributed by atoms with Crippen LogP contribution in [0.5, 0.6) is 5.75 Å². The van der Waals surface area contributed by atoms with Crippen LogP contribution in [0.2, 0.25) is 0 Å². The van der Waals surface area contributed by atoms with Gasteiger partial charge in [-0.25, -0.2) is 0 Å². The van der Waals surface area contributed by atoms with E-state index in [0.29, 0.717) is 23.8 Å². The Kier molecular flexibility index (Phi) is 5.98. The lowest BCUT2D eigenvalue weighted by Crippen LogP contribution is -2.16. The molecule has 1 unspecified atom stereocenters. The van der Waals surface area contributed by atoms with E-state index in [1.54, 1.807) is 6.07 Å². The van der Waals surface area contributed by atoms with Gasteiger partial charge in [0.1, 0.15) is 5.75 Å². The van der Waals surface area contributed by atoms with Crippen LogP contribution < -0.4 is 10.5 Å². The van der Waals surface area contributed by atoms with E-state index >= 15 is 0 Å². The number of amidine groups is 1. The normalized spacial score (nSPS) is 13.4. The maximum Gasteiger partial charge on any atom is 0.173 e. The fourth-order valence-corrected chi connectivity index (χ4v) is 2.05. The van der Waals surface area contributed by atoms with Crippen LogP contribution >= 0.6 is 15.9 Å². The molecule has 0 bridgehead atoms. The highest BCUT2D eigenvalue weighted by Crippen LogP contribution is 2.24. The zero-order chi connectivity index (χ0) is 13.5. The standard InChI is InChI=1S/C13H19BrN2O2/c1-3-4-9(2)8-18-12-6-5-10(14)7-11(12)13(15)16-17/h5-7,9,17H,3-4,8H2,1-2H3,(H2,15,16). The molecule has 3 N–H and O–H groups in total. The lowest BCUT2D eigenvalue weighted by molar-refractivity contribution is 0.251. The molecule has 18 heavy (non-hydrogen) atoms. The summed E-state index contributed by atoms with van der Waals surface area (Å²) < 4.78 is 6.60. The maximum absolute atomic E-state index is 8.76. The molecular formula is C13H19BrN2O2. The summed E-state index contributed by atoms with van der Waals surface area (Å²) in [7, 11) is 0. The summed E-state index contributed by atoms with van der Waals surface area (Å²) in [5.74, 6) is 1.17. The largest absolute Gasteiger partial charge is 0.493 e. The first kappa shape index (κ1) is 14.8. The second-order valence-electron chi connectivity index (χ2n) is 4.33. The number of hydrogen-bond acceptors (Lipinski definition) is 3. The maximum atomic E-state index is 8.76. The van der Waals surface area contributed by atoms with E-state index < -0.39 is 0 Å². The highest BCUT2D eigenvalue weighted by Gasteiger charge is 2.10. The van der Waals surface area contributed by atoms with Crippen LogP contribution in [-0.2, 0) is 0 Å². The van der Waals surface area contributed by atoms with Crippen molar-refractivity contribution in [3.05, 3.63) is 28.2 Å². The molecule has 0 amide bonds. The van der Waals surface area contributed by atoms with Gasteiger partial charge in [0.05, 0.1) is 12.2 Å². The topological polar surface area (TPSA) is 67.8 Å². The van der Waals surface area contributed by atoms with Crippen LogP contribution in [-0.4, -0.2) is 17.6 Å². The van der Waals surface area contributed by atoms with E-state index in [0.717, 1.165) is 17.3 Å². The van der Waals surface area contributed by atoms with Gasteiger partial charge in [-0.3, -0.25) is 0 Å². The van der Waals surface area contributed by atoms with Crippen molar-refractivity contribution in [1.82, 2.24) is 0 Å². The molecule has 1 aromatic rings. The zero-order valence-corrected chi connectivity index (χ0v) is 12.3. The molecule has 0 spiro atoms. The van der Waals surface area contributed by atoms with Crippen LogP contribution in [0.4, 0.5) is 0 Å². The summed E-state index contributed by atoms with van der Waals surface area (Å²) in [5, 5.41) is 11.8.